The minimum atomic E-state index is -3.91. The summed E-state index contributed by atoms with van der Waals surface area (Å²) in [6.45, 7) is 7.73. The molecule has 0 aromatic heterocycles. The van der Waals surface area contributed by atoms with Gasteiger partial charge in [-0.1, -0.05) is 12.1 Å². The molecule has 1 unspecified atom stereocenters. The van der Waals surface area contributed by atoms with Crippen molar-refractivity contribution in [2.75, 3.05) is 12.0 Å². The van der Waals surface area contributed by atoms with Gasteiger partial charge < -0.3 is 4.74 Å². The molecular weight excluding hydrogens is 404 g/mol. The monoisotopic (exact) mass is 430 g/mol. The van der Waals surface area contributed by atoms with Crippen LogP contribution in [0.5, 0.6) is 5.75 Å². The number of hydrogen-bond acceptors (Lipinski definition) is 5. The quantitative estimate of drug-likeness (QED) is 0.710. The molecule has 1 fully saturated rings. The topological polar surface area (TPSA) is 92.8 Å². The van der Waals surface area contributed by atoms with Crippen molar-refractivity contribution in [3.8, 4) is 5.75 Å². The molecule has 0 saturated carbocycles. The lowest BCUT2D eigenvalue weighted by Gasteiger charge is -2.21. The van der Waals surface area contributed by atoms with E-state index in [1.165, 1.54) is 25.3 Å². The summed E-state index contributed by atoms with van der Waals surface area (Å²) in [6.07, 6.45) is 0.195. The first kappa shape index (κ1) is 22.0. The molecule has 0 bridgehead atoms. The number of rotatable bonds is 6. The van der Waals surface area contributed by atoms with Gasteiger partial charge in [-0.2, -0.15) is 0 Å². The van der Waals surface area contributed by atoms with Crippen molar-refractivity contribution in [2.45, 2.75) is 51.5 Å². The Balaban J connectivity index is 1.97. The van der Waals surface area contributed by atoms with Crippen LogP contribution >= 0.6 is 0 Å². The van der Waals surface area contributed by atoms with E-state index in [1.54, 1.807) is 6.92 Å². The van der Waals surface area contributed by atoms with Crippen molar-refractivity contribution < 1.29 is 22.7 Å². The van der Waals surface area contributed by atoms with Crippen molar-refractivity contribution in [1.29, 1.82) is 0 Å². The van der Waals surface area contributed by atoms with E-state index in [9.17, 15) is 18.0 Å². The van der Waals surface area contributed by atoms with Gasteiger partial charge in [-0.3, -0.25) is 9.59 Å². The molecule has 1 atom stereocenters. The first-order chi connectivity index (χ1) is 14.0. The van der Waals surface area contributed by atoms with Crippen molar-refractivity contribution in [3.63, 3.8) is 0 Å². The summed E-state index contributed by atoms with van der Waals surface area (Å²) >= 11 is 0. The highest BCUT2D eigenvalue weighted by Crippen LogP contribution is 2.34. The Morgan fingerprint density at radius 1 is 0.967 bits per heavy atom. The average molecular weight is 431 g/mol. The van der Waals surface area contributed by atoms with E-state index in [0.29, 0.717) is 0 Å². The molecule has 0 aliphatic carbocycles. The van der Waals surface area contributed by atoms with E-state index >= 15 is 0 Å². The molecule has 8 heteroatoms. The Morgan fingerprint density at radius 2 is 1.57 bits per heavy atom. The fourth-order valence-electron chi connectivity index (χ4n) is 3.67. The Labute approximate surface area is 177 Å². The highest BCUT2D eigenvalue weighted by molar-refractivity contribution is 7.89. The van der Waals surface area contributed by atoms with E-state index < -0.39 is 16.1 Å². The number of hydrogen-bond donors (Lipinski definition) is 1. The Bertz CT molecular complexity index is 1110. The normalized spacial score (nSPS) is 15.6. The van der Waals surface area contributed by atoms with Gasteiger partial charge in [-0.05, 0) is 68.1 Å². The number of nitrogens with one attached hydrogen (secondary N) is 1. The lowest BCUT2D eigenvalue weighted by Crippen LogP contribution is -2.30. The highest BCUT2D eigenvalue weighted by Gasteiger charge is 2.33. The number of carbonyl (C=O) groups is 2. The second-order valence-corrected chi connectivity index (χ2v) is 9.31. The SMILES string of the molecule is COc1ccc(S(=O)(=O)NC(C)c2cc(C)c(C)cc2C)cc1N1C(=O)CCC1=O. The third kappa shape index (κ3) is 4.11. The predicted octanol–water partition coefficient (Wildman–Crippen LogP) is 3.31. The van der Waals surface area contributed by atoms with Crippen LogP contribution in [0.15, 0.2) is 35.2 Å². The standard InChI is InChI=1S/C22H26N2O5S/c1-13-10-15(3)18(11-14(13)2)16(4)23-30(27,28)17-6-7-20(29-5)19(12-17)24-21(25)8-9-22(24)26/h6-7,10-12,16,23H,8-9H2,1-5H3. The molecule has 1 N–H and O–H groups in total. The summed E-state index contributed by atoms with van der Waals surface area (Å²) < 4.78 is 34.1. The third-order valence-electron chi connectivity index (χ3n) is 5.43. The van der Waals surface area contributed by atoms with Crippen LogP contribution in [0.3, 0.4) is 0 Å². The summed E-state index contributed by atoms with van der Waals surface area (Å²) in [5, 5.41) is 0. The Morgan fingerprint density at radius 3 is 2.17 bits per heavy atom. The maximum absolute atomic E-state index is 13.1. The van der Waals surface area contributed by atoms with Crippen molar-refractivity contribution in [2.24, 2.45) is 0 Å². The number of benzene rings is 2. The predicted molar refractivity (Wildman–Crippen MR) is 114 cm³/mol. The number of carbonyl (C=O) groups excluding carboxylic acids is 2. The van der Waals surface area contributed by atoms with E-state index in [1.807, 2.05) is 32.9 Å². The Hall–Kier alpha value is -2.71. The molecule has 30 heavy (non-hydrogen) atoms. The number of imide groups is 1. The number of ether oxygens (including phenoxy) is 1. The maximum atomic E-state index is 13.1. The van der Waals surface area contributed by atoms with E-state index in [4.69, 9.17) is 4.74 Å². The molecule has 2 amide bonds. The zero-order chi connectivity index (χ0) is 22.2. The molecule has 1 aliphatic heterocycles. The molecule has 7 nitrogen and oxygen atoms in total. The fraction of sp³-hybridized carbons (Fsp3) is 0.364. The lowest BCUT2D eigenvalue weighted by molar-refractivity contribution is -0.121. The van der Waals surface area contributed by atoms with E-state index in [0.717, 1.165) is 27.2 Å². The third-order valence-corrected chi connectivity index (χ3v) is 6.97. The molecule has 0 radical (unpaired) electrons. The zero-order valence-corrected chi connectivity index (χ0v) is 18.6. The molecule has 0 spiro atoms. The Kier molecular flexibility index (Phi) is 6.01. The lowest BCUT2D eigenvalue weighted by atomic mass is 9.97. The molecule has 1 saturated heterocycles. The second-order valence-electron chi connectivity index (χ2n) is 7.59. The molecular formula is C22H26N2O5S. The summed E-state index contributed by atoms with van der Waals surface area (Å²) in [6, 6.07) is 7.71. The first-order valence-corrected chi connectivity index (χ1v) is 11.2. The van der Waals surface area contributed by atoms with Crippen molar-refractivity contribution >= 4 is 27.5 Å². The van der Waals surface area contributed by atoms with Gasteiger partial charge >= 0.3 is 0 Å². The van der Waals surface area contributed by atoms with Gasteiger partial charge in [-0.15, -0.1) is 0 Å². The number of anilines is 1. The molecule has 2 aromatic carbocycles. The number of amides is 2. The van der Waals surface area contributed by atoms with Crippen molar-refractivity contribution in [1.82, 2.24) is 4.72 Å². The number of nitrogens with zero attached hydrogens (tertiary/aromatic N) is 1. The molecule has 1 heterocycles. The molecule has 3 rings (SSSR count). The van der Waals surface area contributed by atoms with Gasteiger partial charge in [0.25, 0.3) is 0 Å². The van der Waals surface area contributed by atoms with Crippen LogP contribution in [0.1, 0.15) is 48.1 Å². The van der Waals surface area contributed by atoms with Gasteiger partial charge in [0, 0.05) is 18.9 Å². The maximum Gasteiger partial charge on any atom is 0.241 e. The minimum absolute atomic E-state index is 0.0425. The number of aryl methyl sites for hydroxylation is 3. The fourth-order valence-corrected chi connectivity index (χ4v) is 4.91. The van der Waals surface area contributed by atoms with Crippen LogP contribution in [0, 0.1) is 20.8 Å². The van der Waals surface area contributed by atoms with Crippen LogP contribution in [0.25, 0.3) is 0 Å². The van der Waals surface area contributed by atoms with E-state index in [2.05, 4.69) is 4.72 Å². The average Bonchev–Trinajstić information content (AvgIpc) is 3.01. The van der Waals surface area contributed by atoms with Gasteiger partial charge in [0.2, 0.25) is 21.8 Å². The first-order valence-electron chi connectivity index (χ1n) is 9.69. The van der Waals surface area contributed by atoms with Crippen LogP contribution in [0.4, 0.5) is 5.69 Å². The van der Waals surface area contributed by atoms with Crippen LogP contribution < -0.4 is 14.4 Å². The van der Waals surface area contributed by atoms with Crippen LogP contribution in [0.2, 0.25) is 0 Å². The summed E-state index contributed by atoms with van der Waals surface area (Å²) in [7, 11) is -2.51. The smallest absolute Gasteiger partial charge is 0.241 e. The van der Waals surface area contributed by atoms with Crippen molar-refractivity contribution in [3.05, 3.63) is 52.6 Å². The van der Waals surface area contributed by atoms with Gasteiger partial charge in [-0.25, -0.2) is 18.0 Å². The highest BCUT2D eigenvalue weighted by atomic mass is 32.2. The molecule has 1 aliphatic rings. The van der Waals surface area contributed by atoms with Crippen LogP contribution in [-0.2, 0) is 19.6 Å². The van der Waals surface area contributed by atoms with Crippen LogP contribution in [-0.4, -0.2) is 27.3 Å². The summed E-state index contributed by atoms with van der Waals surface area (Å²) in [5.74, 6) is -0.490. The summed E-state index contributed by atoms with van der Waals surface area (Å²) in [5.41, 5.74) is 4.26. The van der Waals surface area contributed by atoms with Gasteiger partial charge in [0.15, 0.2) is 0 Å². The zero-order valence-electron chi connectivity index (χ0n) is 17.8. The van der Waals surface area contributed by atoms with Gasteiger partial charge in [0.05, 0.1) is 17.7 Å². The van der Waals surface area contributed by atoms with E-state index in [-0.39, 0.29) is 41.0 Å². The number of methoxy groups -OCH3 is 1. The summed E-state index contributed by atoms with van der Waals surface area (Å²) in [4.78, 5) is 25.3. The van der Waals surface area contributed by atoms with Gasteiger partial charge in [0.1, 0.15) is 5.75 Å². The molecule has 2 aromatic rings. The largest absolute Gasteiger partial charge is 0.495 e. The molecule has 160 valence electrons. The number of sulfonamides is 1. The minimum Gasteiger partial charge on any atom is -0.495 e. The second kappa shape index (κ2) is 8.20.